The summed E-state index contributed by atoms with van der Waals surface area (Å²) in [6, 6.07) is 2.29. The number of nitrogens with one attached hydrogen (secondary N) is 1. The molecule has 1 aromatic rings. The zero-order valence-corrected chi connectivity index (χ0v) is 10.0. The molecule has 0 saturated carbocycles. The molecule has 1 heterocycles. The van der Waals surface area contributed by atoms with E-state index in [1.807, 2.05) is 6.07 Å². The van der Waals surface area contributed by atoms with Gasteiger partial charge in [0.25, 0.3) is 0 Å². The molecule has 0 bridgehead atoms. The van der Waals surface area contributed by atoms with E-state index in [1.54, 1.807) is 6.92 Å². The molecule has 0 saturated heterocycles. The molecule has 0 fully saturated rings. The smallest absolute Gasteiger partial charge is 0.242 e. The number of hydrogen-bond acceptors (Lipinski definition) is 4. The van der Waals surface area contributed by atoms with Crippen LogP contribution < -0.4 is 4.72 Å². The van der Waals surface area contributed by atoms with Gasteiger partial charge in [-0.05, 0) is 12.5 Å². The zero-order chi connectivity index (χ0) is 12.9. The molecule has 7 heteroatoms. The van der Waals surface area contributed by atoms with E-state index in [0.717, 1.165) is 18.5 Å². The maximum Gasteiger partial charge on any atom is 0.242 e. The zero-order valence-electron chi connectivity index (χ0n) is 9.22. The summed E-state index contributed by atoms with van der Waals surface area (Å²) in [5, 5.41) is 8.52. The predicted octanol–water partition coefficient (Wildman–Crippen LogP) is 1.19. The van der Waals surface area contributed by atoms with Crippen molar-refractivity contribution in [1.29, 1.82) is 5.26 Å². The van der Waals surface area contributed by atoms with Gasteiger partial charge < -0.3 is 0 Å². The van der Waals surface area contributed by atoms with E-state index in [1.165, 1.54) is 0 Å². The van der Waals surface area contributed by atoms with Gasteiger partial charge >= 0.3 is 0 Å². The topological polar surface area (TPSA) is 82.9 Å². The standard InChI is InChI=1S/C10H12FN3O2S/c1-2-9(3-4-12)14-17(15,16)10-5-8(11)6-13-7-10/h5-7,9,14H,2-3H2,1H3. The van der Waals surface area contributed by atoms with Gasteiger partial charge in [0.05, 0.1) is 18.7 Å². The molecule has 5 nitrogen and oxygen atoms in total. The fourth-order valence-electron chi connectivity index (χ4n) is 1.21. The number of halogens is 1. The van der Waals surface area contributed by atoms with E-state index in [-0.39, 0.29) is 11.3 Å². The molecule has 0 aliphatic rings. The Morgan fingerprint density at radius 1 is 1.59 bits per heavy atom. The highest BCUT2D eigenvalue weighted by atomic mass is 32.2. The van der Waals surface area contributed by atoms with Gasteiger partial charge in [-0.2, -0.15) is 5.26 Å². The SMILES string of the molecule is CCC(CC#N)NS(=O)(=O)c1cncc(F)c1. The molecular weight excluding hydrogens is 245 g/mol. The van der Waals surface area contributed by atoms with Gasteiger partial charge in [0.2, 0.25) is 10.0 Å². The second-order valence-corrected chi connectivity index (χ2v) is 5.14. The van der Waals surface area contributed by atoms with Crippen LogP contribution in [-0.4, -0.2) is 19.4 Å². The van der Waals surface area contributed by atoms with Gasteiger partial charge in [-0.15, -0.1) is 0 Å². The molecule has 1 rings (SSSR count). The lowest BCUT2D eigenvalue weighted by Crippen LogP contribution is -2.34. The van der Waals surface area contributed by atoms with Crippen molar-refractivity contribution in [3.63, 3.8) is 0 Å². The van der Waals surface area contributed by atoms with E-state index in [2.05, 4.69) is 9.71 Å². The van der Waals surface area contributed by atoms with E-state index < -0.39 is 21.9 Å². The number of pyridine rings is 1. The summed E-state index contributed by atoms with van der Waals surface area (Å²) in [6.07, 6.45) is 2.53. The average Bonchev–Trinajstić information content (AvgIpc) is 2.28. The number of hydrogen-bond donors (Lipinski definition) is 1. The third-order valence-corrected chi connectivity index (χ3v) is 3.63. The van der Waals surface area contributed by atoms with Crippen molar-refractivity contribution >= 4 is 10.0 Å². The third-order valence-electron chi connectivity index (χ3n) is 2.14. The summed E-state index contributed by atoms with van der Waals surface area (Å²) in [7, 11) is -3.82. The Morgan fingerprint density at radius 3 is 2.82 bits per heavy atom. The van der Waals surface area contributed by atoms with Gasteiger partial charge in [-0.1, -0.05) is 6.92 Å². The summed E-state index contributed by atoms with van der Waals surface area (Å²) in [5.41, 5.74) is 0. The Kier molecular flexibility index (Phi) is 4.54. The van der Waals surface area contributed by atoms with E-state index >= 15 is 0 Å². The summed E-state index contributed by atoms with van der Waals surface area (Å²) < 4.78 is 38.8. The Labute approximate surface area is 99.3 Å². The van der Waals surface area contributed by atoms with Crippen LogP contribution in [0.1, 0.15) is 19.8 Å². The largest absolute Gasteiger partial charge is 0.260 e. The molecule has 1 unspecified atom stereocenters. The summed E-state index contributed by atoms with van der Waals surface area (Å²) in [5.74, 6) is -0.721. The predicted molar refractivity (Wildman–Crippen MR) is 58.8 cm³/mol. The highest BCUT2D eigenvalue weighted by Gasteiger charge is 2.19. The number of sulfonamides is 1. The second kappa shape index (κ2) is 5.70. The molecular formula is C10H12FN3O2S. The lowest BCUT2D eigenvalue weighted by atomic mass is 10.2. The first-order valence-corrected chi connectivity index (χ1v) is 6.47. The minimum absolute atomic E-state index is 0.0679. The van der Waals surface area contributed by atoms with Crippen molar-refractivity contribution in [2.75, 3.05) is 0 Å². The van der Waals surface area contributed by atoms with Crippen LogP contribution in [0.3, 0.4) is 0 Å². The van der Waals surface area contributed by atoms with Crippen LogP contribution in [0.25, 0.3) is 0 Å². The highest BCUT2D eigenvalue weighted by Crippen LogP contribution is 2.10. The van der Waals surface area contributed by atoms with Crippen molar-refractivity contribution in [2.24, 2.45) is 0 Å². The number of rotatable bonds is 5. The van der Waals surface area contributed by atoms with E-state index in [0.29, 0.717) is 6.42 Å². The van der Waals surface area contributed by atoms with Crippen LogP contribution in [0.4, 0.5) is 4.39 Å². The number of aromatic nitrogens is 1. The van der Waals surface area contributed by atoms with Gasteiger partial charge in [0.1, 0.15) is 10.7 Å². The van der Waals surface area contributed by atoms with Gasteiger partial charge in [0.15, 0.2) is 0 Å². The fraction of sp³-hybridized carbons (Fsp3) is 0.400. The van der Waals surface area contributed by atoms with Gasteiger partial charge in [-0.25, -0.2) is 17.5 Å². The Hall–Kier alpha value is -1.52. The van der Waals surface area contributed by atoms with Crippen molar-refractivity contribution in [2.45, 2.75) is 30.7 Å². The third kappa shape index (κ3) is 3.76. The first-order valence-electron chi connectivity index (χ1n) is 4.99. The van der Waals surface area contributed by atoms with Crippen LogP contribution in [0.2, 0.25) is 0 Å². The maximum absolute atomic E-state index is 12.9. The van der Waals surface area contributed by atoms with Crippen LogP contribution in [0, 0.1) is 17.1 Å². The van der Waals surface area contributed by atoms with Crippen LogP contribution >= 0.6 is 0 Å². The Bertz CT molecular complexity index is 525. The Balaban J connectivity index is 2.93. The molecule has 92 valence electrons. The maximum atomic E-state index is 12.9. The molecule has 1 N–H and O–H groups in total. The molecule has 0 aliphatic heterocycles. The Morgan fingerprint density at radius 2 is 2.29 bits per heavy atom. The number of nitriles is 1. The molecule has 17 heavy (non-hydrogen) atoms. The fourth-order valence-corrected chi connectivity index (χ4v) is 2.50. The highest BCUT2D eigenvalue weighted by molar-refractivity contribution is 7.89. The monoisotopic (exact) mass is 257 g/mol. The van der Waals surface area contributed by atoms with E-state index in [4.69, 9.17) is 5.26 Å². The van der Waals surface area contributed by atoms with Crippen molar-refractivity contribution in [3.05, 3.63) is 24.3 Å². The summed E-state index contributed by atoms with van der Waals surface area (Å²) in [4.78, 5) is 3.23. The van der Waals surface area contributed by atoms with Gasteiger partial charge in [0, 0.05) is 12.2 Å². The molecule has 0 spiro atoms. The molecule has 1 atom stereocenters. The van der Waals surface area contributed by atoms with Crippen LogP contribution in [0.5, 0.6) is 0 Å². The summed E-state index contributed by atoms with van der Waals surface area (Å²) >= 11 is 0. The molecule has 1 aromatic heterocycles. The summed E-state index contributed by atoms with van der Waals surface area (Å²) in [6.45, 7) is 1.76. The lowest BCUT2D eigenvalue weighted by molar-refractivity contribution is 0.540. The molecule has 0 radical (unpaired) electrons. The molecule has 0 aliphatic carbocycles. The average molecular weight is 257 g/mol. The number of nitrogens with zero attached hydrogens (tertiary/aromatic N) is 2. The normalized spacial score (nSPS) is 13.0. The van der Waals surface area contributed by atoms with Crippen molar-refractivity contribution in [1.82, 2.24) is 9.71 Å². The van der Waals surface area contributed by atoms with E-state index in [9.17, 15) is 12.8 Å². The first kappa shape index (κ1) is 13.5. The second-order valence-electron chi connectivity index (χ2n) is 3.43. The van der Waals surface area contributed by atoms with Crippen LogP contribution in [-0.2, 0) is 10.0 Å². The lowest BCUT2D eigenvalue weighted by Gasteiger charge is -2.13. The van der Waals surface area contributed by atoms with Gasteiger partial charge in [-0.3, -0.25) is 4.98 Å². The van der Waals surface area contributed by atoms with Crippen LogP contribution in [0.15, 0.2) is 23.4 Å². The van der Waals surface area contributed by atoms with Crippen molar-refractivity contribution in [3.8, 4) is 6.07 Å². The van der Waals surface area contributed by atoms with Crippen molar-refractivity contribution < 1.29 is 12.8 Å². The first-order chi connectivity index (χ1) is 7.99. The molecule has 0 amide bonds. The minimum atomic E-state index is -3.82. The minimum Gasteiger partial charge on any atom is -0.260 e. The quantitative estimate of drug-likeness (QED) is 0.858. The molecule has 0 aromatic carbocycles.